The Balaban J connectivity index is 3.75. The van der Waals surface area contributed by atoms with Crippen molar-refractivity contribution in [2.24, 2.45) is 0 Å². The first-order valence-corrected chi connectivity index (χ1v) is 14.8. The number of aliphatic hydroxyl groups is 3. The van der Waals surface area contributed by atoms with E-state index in [-0.39, 0.29) is 6.61 Å². The van der Waals surface area contributed by atoms with Gasteiger partial charge < -0.3 is 20.6 Å². The molecule has 0 saturated carbocycles. The van der Waals surface area contributed by atoms with E-state index in [1.807, 2.05) is 0 Å². The Morgan fingerprint density at radius 3 is 1.32 bits per heavy atom. The van der Waals surface area contributed by atoms with Gasteiger partial charge in [0.1, 0.15) is 6.10 Å². The van der Waals surface area contributed by atoms with Crippen LogP contribution in [0.3, 0.4) is 0 Å². The van der Waals surface area contributed by atoms with Crippen LogP contribution in [0, 0.1) is 0 Å². The molecular weight excluding hydrogens is 426 g/mol. The number of nitrogens with one attached hydrogen (secondary N) is 1. The Labute approximate surface area is 211 Å². The largest absolute Gasteiger partial charge is 0.394 e. The zero-order chi connectivity index (χ0) is 25.3. The van der Waals surface area contributed by atoms with Crippen LogP contribution in [0.4, 0.5) is 0 Å². The van der Waals surface area contributed by atoms with E-state index in [1.165, 1.54) is 96.3 Å². The van der Waals surface area contributed by atoms with Crippen molar-refractivity contribution in [3.63, 3.8) is 0 Å². The highest BCUT2D eigenvalue weighted by Crippen LogP contribution is 2.14. The molecule has 0 radical (unpaired) electrons. The number of carbonyl (C=O) groups excluding carboxylic acids is 1. The van der Waals surface area contributed by atoms with Crippen molar-refractivity contribution in [3.8, 4) is 0 Å². The minimum atomic E-state index is -1.06. The second-order valence-electron chi connectivity index (χ2n) is 10.3. The second-order valence-corrected chi connectivity index (χ2v) is 10.3. The van der Waals surface area contributed by atoms with Crippen molar-refractivity contribution < 1.29 is 20.1 Å². The van der Waals surface area contributed by atoms with Gasteiger partial charge in [-0.15, -0.1) is 0 Å². The lowest BCUT2D eigenvalue weighted by molar-refractivity contribution is -0.131. The summed E-state index contributed by atoms with van der Waals surface area (Å²) in [4.78, 5) is 12.2. The Morgan fingerprint density at radius 2 is 0.941 bits per heavy atom. The third-order valence-corrected chi connectivity index (χ3v) is 6.98. The van der Waals surface area contributed by atoms with Crippen LogP contribution in [-0.2, 0) is 4.79 Å². The molecule has 0 saturated heterocycles. The molecule has 0 aliphatic carbocycles. The Hall–Kier alpha value is -0.650. The minimum absolute atomic E-state index is 0.310. The topological polar surface area (TPSA) is 89.8 Å². The van der Waals surface area contributed by atoms with Crippen molar-refractivity contribution in [1.29, 1.82) is 0 Å². The van der Waals surface area contributed by atoms with Crippen molar-refractivity contribution >= 4 is 5.91 Å². The van der Waals surface area contributed by atoms with Crippen LogP contribution in [-0.4, -0.2) is 46.1 Å². The number of rotatable bonds is 26. The van der Waals surface area contributed by atoms with Gasteiger partial charge in [-0.3, -0.25) is 4.79 Å². The maximum Gasteiger partial charge on any atom is 0.249 e. The molecule has 0 rings (SSSR count). The Morgan fingerprint density at radius 1 is 0.588 bits per heavy atom. The van der Waals surface area contributed by atoms with E-state index in [2.05, 4.69) is 19.2 Å². The van der Waals surface area contributed by atoms with Crippen molar-refractivity contribution in [3.05, 3.63) is 0 Å². The summed E-state index contributed by atoms with van der Waals surface area (Å²) in [6.07, 6.45) is 23.7. The summed E-state index contributed by atoms with van der Waals surface area (Å²) in [6.45, 7) is 4.16. The fourth-order valence-corrected chi connectivity index (χ4v) is 4.54. The Kier molecular flexibility index (Phi) is 25.0. The molecule has 0 aromatic heterocycles. The van der Waals surface area contributed by atoms with Crippen LogP contribution in [0.15, 0.2) is 0 Å². The van der Waals surface area contributed by atoms with E-state index in [0.29, 0.717) is 12.8 Å². The van der Waals surface area contributed by atoms with Gasteiger partial charge in [-0.05, 0) is 12.8 Å². The fraction of sp³-hybridized carbons (Fsp3) is 0.966. The lowest BCUT2D eigenvalue weighted by atomic mass is 10.0. The first-order valence-electron chi connectivity index (χ1n) is 14.8. The molecule has 0 heterocycles. The molecule has 204 valence electrons. The molecule has 0 bridgehead atoms. The first kappa shape index (κ1) is 33.4. The van der Waals surface area contributed by atoms with Gasteiger partial charge >= 0.3 is 0 Å². The zero-order valence-corrected chi connectivity index (χ0v) is 22.7. The number of amides is 1. The predicted octanol–water partition coefficient (Wildman–Crippen LogP) is 6.81. The molecule has 5 heteroatoms. The molecule has 0 aromatic carbocycles. The molecule has 34 heavy (non-hydrogen) atoms. The normalized spacial score (nSPS) is 14.1. The van der Waals surface area contributed by atoms with Crippen molar-refractivity contribution in [2.45, 2.75) is 173 Å². The van der Waals surface area contributed by atoms with Gasteiger partial charge in [-0.1, -0.05) is 142 Å². The molecule has 4 N–H and O–H groups in total. The van der Waals surface area contributed by atoms with Gasteiger partial charge in [0.05, 0.1) is 18.8 Å². The average molecular weight is 486 g/mol. The van der Waals surface area contributed by atoms with Crippen LogP contribution < -0.4 is 5.32 Å². The van der Waals surface area contributed by atoms with Crippen LogP contribution in [0.2, 0.25) is 0 Å². The van der Waals surface area contributed by atoms with Crippen LogP contribution >= 0.6 is 0 Å². The smallest absolute Gasteiger partial charge is 0.249 e. The summed E-state index contributed by atoms with van der Waals surface area (Å²) >= 11 is 0. The SMILES string of the molecule is CCCCCCCCCCCCCCC(O)C(CO)NC(=O)C(O)CCCCCCCCCC. The molecule has 0 aromatic rings. The summed E-state index contributed by atoms with van der Waals surface area (Å²) in [5.41, 5.74) is 0. The van der Waals surface area contributed by atoms with Gasteiger partial charge in [0, 0.05) is 0 Å². The van der Waals surface area contributed by atoms with E-state index >= 15 is 0 Å². The molecule has 3 unspecified atom stereocenters. The standard InChI is InChI=1S/C29H59NO4/c1-3-5-7-9-11-13-14-15-16-18-19-21-23-27(32)26(25-31)30-29(34)28(33)24-22-20-17-12-10-8-6-4-2/h26-28,31-33H,3-25H2,1-2H3,(H,30,34). The summed E-state index contributed by atoms with van der Waals surface area (Å²) in [7, 11) is 0. The molecule has 3 atom stereocenters. The summed E-state index contributed by atoms with van der Waals surface area (Å²) in [5.74, 6) is -0.476. The Bertz CT molecular complexity index is 432. The molecular formula is C29H59NO4. The molecule has 0 spiro atoms. The van der Waals surface area contributed by atoms with E-state index < -0.39 is 24.2 Å². The van der Waals surface area contributed by atoms with E-state index in [9.17, 15) is 20.1 Å². The maximum atomic E-state index is 12.2. The molecule has 5 nitrogen and oxygen atoms in total. The quantitative estimate of drug-likeness (QED) is 0.101. The van der Waals surface area contributed by atoms with Gasteiger partial charge in [0.2, 0.25) is 5.91 Å². The lowest BCUT2D eigenvalue weighted by Gasteiger charge is -2.23. The summed E-state index contributed by atoms with van der Waals surface area (Å²) in [5, 5.41) is 32.8. The highest BCUT2D eigenvalue weighted by atomic mass is 16.3. The van der Waals surface area contributed by atoms with Gasteiger partial charge in [0.25, 0.3) is 0 Å². The van der Waals surface area contributed by atoms with Crippen LogP contribution in [0.1, 0.15) is 155 Å². The first-order chi connectivity index (χ1) is 16.6. The summed E-state index contributed by atoms with van der Waals surface area (Å²) < 4.78 is 0. The third-order valence-electron chi connectivity index (χ3n) is 6.98. The van der Waals surface area contributed by atoms with E-state index in [4.69, 9.17) is 0 Å². The lowest BCUT2D eigenvalue weighted by Crippen LogP contribution is -2.49. The van der Waals surface area contributed by atoms with E-state index in [0.717, 1.165) is 32.1 Å². The molecule has 1 amide bonds. The number of hydrogen-bond acceptors (Lipinski definition) is 4. The highest BCUT2D eigenvalue weighted by Gasteiger charge is 2.23. The van der Waals surface area contributed by atoms with Crippen molar-refractivity contribution in [1.82, 2.24) is 5.32 Å². The van der Waals surface area contributed by atoms with E-state index in [1.54, 1.807) is 0 Å². The van der Waals surface area contributed by atoms with Gasteiger partial charge in [-0.25, -0.2) is 0 Å². The van der Waals surface area contributed by atoms with Crippen molar-refractivity contribution in [2.75, 3.05) is 6.61 Å². The number of aliphatic hydroxyl groups excluding tert-OH is 3. The highest BCUT2D eigenvalue weighted by molar-refractivity contribution is 5.80. The molecule has 0 fully saturated rings. The molecule has 0 aliphatic rings. The number of unbranched alkanes of at least 4 members (excludes halogenated alkanes) is 18. The van der Waals surface area contributed by atoms with Crippen LogP contribution in [0.25, 0.3) is 0 Å². The summed E-state index contributed by atoms with van der Waals surface area (Å²) in [6, 6.07) is -0.701. The fourth-order valence-electron chi connectivity index (χ4n) is 4.54. The monoisotopic (exact) mass is 485 g/mol. The number of hydrogen-bond donors (Lipinski definition) is 4. The number of carbonyl (C=O) groups is 1. The predicted molar refractivity (Wildman–Crippen MR) is 144 cm³/mol. The average Bonchev–Trinajstić information content (AvgIpc) is 2.84. The minimum Gasteiger partial charge on any atom is -0.394 e. The third kappa shape index (κ3) is 20.7. The van der Waals surface area contributed by atoms with Gasteiger partial charge in [0.15, 0.2) is 0 Å². The molecule has 0 aliphatic heterocycles. The van der Waals surface area contributed by atoms with Crippen LogP contribution in [0.5, 0.6) is 0 Å². The second kappa shape index (κ2) is 25.4. The van der Waals surface area contributed by atoms with Gasteiger partial charge in [-0.2, -0.15) is 0 Å². The maximum absolute atomic E-state index is 12.2. The zero-order valence-electron chi connectivity index (χ0n) is 22.7.